The number of hydrogen-bond acceptors (Lipinski definition) is 3. The van der Waals surface area contributed by atoms with Crippen molar-refractivity contribution in [2.45, 2.75) is 32.2 Å². The molecular formula is C16H23N3O. The number of rotatable bonds is 6. The molecule has 0 aliphatic carbocycles. The highest BCUT2D eigenvalue weighted by molar-refractivity contribution is 5.28. The number of nitrogens with zero attached hydrogens (tertiary/aromatic N) is 2. The van der Waals surface area contributed by atoms with Crippen molar-refractivity contribution < 1.29 is 4.74 Å². The number of benzene rings is 1. The van der Waals surface area contributed by atoms with E-state index in [1.165, 1.54) is 11.1 Å². The van der Waals surface area contributed by atoms with E-state index in [2.05, 4.69) is 24.2 Å². The van der Waals surface area contributed by atoms with Gasteiger partial charge in [-0.05, 0) is 37.0 Å². The number of ether oxygens (including phenoxy) is 1. The second kappa shape index (κ2) is 6.57. The first-order chi connectivity index (χ1) is 9.63. The van der Waals surface area contributed by atoms with Crippen LogP contribution in [0.2, 0.25) is 0 Å². The van der Waals surface area contributed by atoms with Crippen LogP contribution in [0.1, 0.15) is 36.2 Å². The quantitative estimate of drug-likeness (QED) is 0.880. The van der Waals surface area contributed by atoms with E-state index in [1.807, 2.05) is 30.1 Å². The summed E-state index contributed by atoms with van der Waals surface area (Å²) in [6, 6.07) is 8.20. The average molecular weight is 273 g/mol. The number of nitrogens with two attached hydrogens (primary N) is 1. The van der Waals surface area contributed by atoms with Crippen LogP contribution in [-0.2, 0) is 19.9 Å². The number of aryl methyl sites for hydroxylation is 3. The van der Waals surface area contributed by atoms with Gasteiger partial charge in [0.25, 0.3) is 0 Å². The normalized spacial score (nSPS) is 12.4. The fourth-order valence-corrected chi connectivity index (χ4v) is 2.41. The number of methoxy groups -OCH3 is 1. The van der Waals surface area contributed by atoms with Gasteiger partial charge in [-0.15, -0.1) is 0 Å². The highest BCUT2D eigenvalue weighted by Gasteiger charge is 2.13. The van der Waals surface area contributed by atoms with Crippen LogP contribution in [0.4, 0.5) is 0 Å². The molecule has 0 fully saturated rings. The molecule has 2 N–H and O–H groups in total. The van der Waals surface area contributed by atoms with Gasteiger partial charge in [0.05, 0.1) is 12.8 Å². The molecule has 0 saturated carbocycles. The lowest BCUT2D eigenvalue weighted by atomic mass is 9.99. The molecular weight excluding hydrogens is 250 g/mol. The van der Waals surface area contributed by atoms with E-state index in [0.29, 0.717) is 0 Å². The predicted molar refractivity (Wildman–Crippen MR) is 80.8 cm³/mol. The molecule has 0 spiro atoms. The maximum atomic E-state index is 6.31. The summed E-state index contributed by atoms with van der Waals surface area (Å²) in [5.41, 5.74) is 9.87. The Kier molecular flexibility index (Phi) is 4.79. The van der Waals surface area contributed by atoms with Crippen LogP contribution in [-0.4, -0.2) is 16.9 Å². The molecule has 4 heteroatoms. The Labute approximate surface area is 120 Å². The Morgan fingerprint density at radius 3 is 2.60 bits per heavy atom. The molecule has 1 atom stereocenters. The summed E-state index contributed by atoms with van der Waals surface area (Å²) in [4.78, 5) is 0. The highest BCUT2D eigenvalue weighted by atomic mass is 16.5. The van der Waals surface area contributed by atoms with Crippen LogP contribution in [0.3, 0.4) is 0 Å². The first kappa shape index (κ1) is 14.6. The number of aromatic nitrogens is 2. The maximum Gasteiger partial charge on any atom is 0.118 e. The van der Waals surface area contributed by atoms with Crippen molar-refractivity contribution in [1.82, 2.24) is 9.78 Å². The van der Waals surface area contributed by atoms with Crippen LogP contribution in [0, 0.1) is 0 Å². The van der Waals surface area contributed by atoms with Crippen molar-refractivity contribution in [3.8, 4) is 5.75 Å². The zero-order valence-electron chi connectivity index (χ0n) is 12.5. The van der Waals surface area contributed by atoms with Gasteiger partial charge in [-0.25, -0.2) is 0 Å². The number of hydrogen-bond donors (Lipinski definition) is 1. The van der Waals surface area contributed by atoms with Gasteiger partial charge < -0.3 is 10.5 Å². The molecule has 1 heterocycles. The van der Waals surface area contributed by atoms with E-state index in [4.69, 9.17) is 10.5 Å². The van der Waals surface area contributed by atoms with Crippen LogP contribution in [0.25, 0.3) is 0 Å². The maximum absolute atomic E-state index is 6.31. The zero-order valence-corrected chi connectivity index (χ0v) is 12.5. The minimum Gasteiger partial charge on any atom is -0.497 e. The first-order valence-electron chi connectivity index (χ1n) is 7.05. The molecule has 1 unspecified atom stereocenters. The van der Waals surface area contributed by atoms with Gasteiger partial charge in [0.1, 0.15) is 5.75 Å². The molecule has 108 valence electrons. The zero-order chi connectivity index (χ0) is 14.5. The minimum atomic E-state index is 0.0424. The molecule has 2 aromatic rings. The molecule has 4 nitrogen and oxygen atoms in total. The molecule has 0 saturated heterocycles. The van der Waals surface area contributed by atoms with Gasteiger partial charge in [0.2, 0.25) is 0 Å². The molecule has 1 aromatic heterocycles. The standard InChI is InChI=1S/C16H23N3O/c1-4-16-14(11-19(2)18-16)15(17)10-7-12-5-8-13(20-3)9-6-12/h5-6,8-9,11,15H,4,7,10,17H2,1-3H3. The third-order valence-corrected chi connectivity index (χ3v) is 3.58. The van der Waals surface area contributed by atoms with Crippen molar-refractivity contribution >= 4 is 0 Å². The predicted octanol–water partition coefficient (Wildman–Crippen LogP) is 2.62. The van der Waals surface area contributed by atoms with E-state index < -0.39 is 0 Å². The first-order valence-corrected chi connectivity index (χ1v) is 7.05. The smallest absolute Gasteiger partial charge is 0.118 e. The van der Waals surface area contributed by atoms with Crippen molar-refractivity contribution in [3.05, 3.63) is 47.3 Å². The van der Waals surface area contributed by atoms with E-state index in [0.717, 1.165) is 30.7 Å². The molecule has 0 amide bonds. The van der Waals surface area contributed by atoms with E-state index >= 15 is 0 Å². The Hall–Kier alpha value is -1.81. The van der Waals surface area contributed by atoms with Gasteiger partial charge in [0.15, 0.2) is 0 Å². The average Bonchev–Trinajstić information content (AvgIpc) is 2.86. The molecule has 20 heavy (non-hydrogen) atoms. The van der Waals surface area contributed by atoms with Crippen molar-refractivity contribution in [3.63, 3.8) is 0 Å². The summed E-state index contributed by atoms with van der Waals surface area (Å²) in [6.45, 7) is 2.11. The Bertz CT molecular complexity index is 545. The third-order valence-electron chi connectivity index (χ3n) is 3.58. The summed E-state index contributed by atoms with van der Waals surface area (Å²) in [7, 11) is 3.62. The van der Waals surface area contributed by atoms with Crippen LogP contribution in [0.15, 0.2) is 30.5 Å². The minimum absolute atomic E-state index is 0.0424. The highest BCUT2D eigenvalue weighted by Crippen LogP contribution is 2.21. The lowest BCUT2D eigenvalue weighted by Crippen LogP contribution is -2.12. The second-order valence-electron chi connectivity index (χ2n) is 5.05. The Balaban J connectivity index is 1.98. The van der Waals surface area contributed by atoms with E-state index in [1.54, 1.807) is 7.11 Å². The van der Waals surface area contributed by atoms with E-state index in [-0.39, 0.29) is 6.04 Å². The largest absolute Gasteiger partial charge is 0.497 e. The fourth-order valence-electron chi connectivity index (χ4n) is 2.41. The van der Waals surface area contributed by atoms with Crippen LogP contribution < -0.4 is 10.5 Å². The summed E-state index contributed by atoms with van der Waals surface area (Å²) >= 11 is 0. The van der Waals surface area contributed by atoms with Gasteiger partial charge in [-0.1, -0.05) is 19.1 Å². The second-order valence-corrected chi connectivity index (χ2v) is 5.05. The van der Waals surface area contributed by atoms with E-state index in [9.17, 15) is 0 Å². The van der Waals surface area contributed by atoms with Crippen molar-refractivity contribution in [2.24, 2.45) is 12.8 Å². The third kappa shape index (κ3) is 3.39. The fraction of sp³-hybridized carbons (Fsp3) is 0.438. The summed E-state index contributed by atoms with van der Waals surface area (Å²) in [6.07, 6.45) is 4.85. The van der Waals surface area contributed by atoms with Crippen LogP contribution >= 0.6 is 0 Å². The van der Waals surface area contributed by atoms with Crippen molar-refractivity contribution in [1.29, 1.82) is 0 Å². The lowest BCUT2D eigenvalue weighted by molar-refractivity contribution is 0.414. The summed E-state index contributed by atoms with van der Waals surface area (Å²) in [5.74, 6) is 0.888. The summed E-state index contributed by atoms with van der Waals surface area (Å²) < 4.78 is 7.01. The Morgan fingerprint density at radius 1 is 1.30 bits per heavy atom. The van der Waals surface area contributed by atoms with Gasteiger partial charge in [-0.3, -0.25) is 4.68 Å². The van der Waals surface area contributed by atoms with Gasteiger partial charge in [-0.2, -0.15) is 5.10 Å². The molecule has 0 bridgehead atoms. The molecule has 0 aliphatic heterocycles. The van der Waals surface area contributed by atoms with Gasteiger partial charge in [0, 0.05) is 24.8 Å². The molecule has 0 radical (unpaired) electrons. The van der Waals surface area contributed by atoms with Crippen LogP contribution in [0.5, 0.6) is 5.75 Å². The topological polar surface area (TPSA) is 53.1 Å². The lowest BCUT2D eigenvalue weighted by Gasteiger charge is -2.11. The van der Waals surface area contributed by atoms with Gasteiger partial charge >= 0.3 is 0 Å². The molecule has 0 aliphatic rings. The summed E-state index contributed by atoms with van der Waals surface area (Å²) in [5, 5.41) is 4.45. The van der Waals surface area contributed by atoms with Crippen molar-refractivity contribution in [2.75, 3.05) is 7.11 Å². The molecule has 2 rings (SSSR count). The SMILES string of the molecule is CCc1nn(C)cc1C(N)CCc1ccc(OC)cc1. The molecule has 1 aromatic carbocycles. The Morgan fingerprint density at radius 2 is 2.00 bits per heavy atom. The monoisotopic (exact) mass is 273 g/mol.